The van der Waals surface area contributed by atoms with Crippen molar-refractivity contribution >= 4 is 28.2 Å². The number of allylic oxidation sites excluding steroid dienone is 1. The summed E-state index contributed by atoms with van der Waals surface area (Å²) in [6.45, 7) is 0. The zero-order valence-electron chi connectivity index (χ0n) is 10.5. The van der Waals surface area contributed by atoms with E-state index >= 15 is 0 Å². The number of pyridine rings is 1. The first-order chi connectivity index (χ1) is 9.31. The molecule has 2 aliphatic rings. The predicted molar refractivity (Wildman–Crippen MR) is 79.5 cm³/mol. The molecule has 1 aromatic carbocycles. The van der Waals surface area contributed by atoms with Crippen LogP contribution in [0.25, 0.3) is 10.9 Å². The number of fused-ring (bicyclic) bond motifs is 2. The first kappa shape index (κ1) is 11.3. The zero-order valence-corrected chi connectivity index (χ0v) is 11.3. The number of hydrogen-bond acceptors (Lipinski definition) is 2. The number of nitrogens with one attached hydrogen (secondary N) is 1. The van der Waals surface area contributed by atoms with Crippen molar-refractivity contribution in [3.63, 3.8) is 0 Å². The molecule has 1 saturated carbocycles. The second-order valence-electron chi connectivity index (χ2n) is 5.52. The fourth-order valence-corrected chi connectivity index (χ4v) is 3.58. The summed E-state index contributed by atoms with van der Waals surface area (Å²) in [5, 5.41) is 5.49. The lowest BCUT2D eigenvalue weighted by molar-refractivity contribution is 0.218. The standard InChI is InChI=1S/C16H15ClN2/c17-12-7-11-4-2-6-18-16(11)15(9-12)19-14-8-10-3-1-5-13(10)14/h1-2,4-7,9-10,13-14,19H,3,8H2. The van der Waals surface area contributed by atoms with Gasteiger partial charge in [0.15, 0.2) is 0 Å². The molecule has 2 aliphatic carbocycles. The van der Waals surface area contributed by atoms with Crippen molar-refractivity contribution in [2.45, 2.75) is 18.9 Å². The third-order valence-corrected chi connectivity index (χ3v) is 4.59. The second kappa shape index (κ2) is 4.24. The summed E-state index contributed by atoms with van der Waals surface area (Å²) < 4.78 is 0. The third-order valence-electron chi connectivity index (χ3n) is 4.37. The summed E-state index contributed by atoms with van der Waals surface area (Å²) in [7, 11) is 0. The highest BCUT2D eigenvalue weighted by Crippen LogP contribution is 2.44. The van der Waals surface area contributed by atoms with E-state index in [0.29, 0.717) is 12.0 Å². The molecule has 2 nitrogen and oxygen atoms in total. The van der Waals surface area contributed by atoms with Gasteiger partial charge < -0.3 is 5.32 Å². The molecule has 0 spiro atoms. The average Bonchev–Trinajstić information content (AvgIpc) is 2.77. The van der Waals surface area contributed by atoms with Crippen molar-refractivity contribution in [1.29, 1.82) is 0 Å². The van der Waals surface area contributed by atoms with Gasteiger partial charge in [-0.15, -0.1) is 0 Å². The van der Waals surface area contributed by atoms with E-state index in [0.717, 1.165) is 27.5 Å². The zero-order chi connectivity index (χ0) is 12.8. The highest BCUT2D eigenvalue weighted by Gasteiger charge is 2.41. The SMILES string of the molecule is Clc1cc(NC2CC3CC=CC32)c2ncccc2c1. The number of rotatable bonds is 2. The Kier molecular flexibility index (Phi) is 2.52. The van der Waals surface area contributed by atoms with Crippen LogP contribution >= 0.6 is 11.6 Å². The van der Waals surface area contributed by atoms with Crippen molar-refractivity contribution in [1.82, 2.24) is 4.98 Å². The van der Waals surface area contributed by atoms with Crippen molar-refractivity contribution in [2.24, 2.45) is 11.8 Å². The first-order valence-corrected chi connectivity index (χ1v) is 7.16. The van der Waals surface area contributed by atoms with Gasteiger partial charge in [-0.25, -0.2) is 0 Å². The second-order valence-corrected chi connectivity index (χ2v) is 5.95. The van der Waals surface area contributed by atoms with Gasteiger partial charge in [0, 0.05) is 28.6 Å². The molecule has 1 aromatic heterocycles. The smallest absolute Gasteiger partial charge is 0.0934 e. The molecular formula is C16H15ClN2. The van der Waals surface area contributed by atoms with Crippen LogP contribution in [0.1, 0.15) is 12.8 Å². The van der Waals surface area contributed by atoms with Gasteiger partial charge >= 0.3 is 0 Å². The van der Waals surface area contributed by atoms with Crippen LogP contribution in [0, 0.1) is 11.8 Å². The Morgan fingerprint density at radius 3 is 3.16 bits per heavy atom. The molecule has 0 radical (unpaired) electrons. The van der Waals surface area contributed by atoms with E-state index < -0.39 is 0 Å². The predicted octanol–water partition coefficient (Wildman–Crippen LogP) is 4.26. The van der Waals surface area contributed by atoms with Gasteiger partial charge in [-0.2, -0.15) is 0 Å². The molecule has 2 aromatic rings. The summed E-state index contributed by atoms with van der Waals surface area (Å²) >= 11 is 6.20. The fraction of sp³-hybridized carbons (Fsp3) is 0.312. The van der Waals surface area contributed by atoms with E-state index in [1.54, 1.807) is 0 Å². The molecule has 1 fully saturated rings. The molecule has 1 N–H and O–H groups in total. The minimum Gasteiger partial charge on any atom is -0.380 e. The van der Waals surface area contributed by atoms with E-state index in [1.807, 2.05) is 24.4 Å². The number of halogens is 1. The molecule has 19 heavy (non-hydrogen) atoms. The lowest BCUT2D eigenvalue weighted by atomic mass is 9.71. The van der Waals surface area contributed by atoms with E-state index in [2.05, 4.69) is 28.5 Å². The maximum Gasteiger partial charge on any atom is 0.0934 e. The van der Waals surface area contributed by atoms with Gasteiger partial charge in [0.05, 0.1) is 11.2 Å². The molecule has 96 valence electrons. The maximum atomic E-state index is 6.20. The van der Waals surface area contributed by atoms with Crippen LogP contribution in [0.3, 0.4) is 0 Å². The molecule has 3 heteroatoms. The summed E-state index contributed by atoms with van der Waals surface area (Å²) in [5.41, 5.74) is 2.07. The topological polar surface area (TPSA) is 24.9 Å². The van der Waals surface area contributed by atoms with Gasteiger partial charge in [-0.05, 0) is 37.0 Å². The molecule has 0 saturated heterocycles. The van der Waals surface area contributed by atoms with Crippen molar-refractivity contribution in [3.05, 3.63) is 47.6 Å². The van der Waals surface area contributed by atoms with Crippen LogP contribution in [-0.4, -0.2) is 11.0 Å². The minimum absolute atomic E-state index is 0.535. The molecule has 3 unspecified atom stereocenters. The quantitative estimate of drug-likeness (QED) is 0.825. The first-order valence-electron chi connectivity index (χ1n) is 6.79. The third kappa shape index (κ3) is 1.82. The van der Waals surface area contributed by atoms with Gasteiger partial charge in [0.25, 0.3) is 0 Å². The Bertz CT molecular complexity index is 665. The summed E-state index contributed by atoms with van der Waals surface area (Å²) in [4.78, 5) is 4.48. The monoisotopic (exact) mass is 270 g/mol. The average molecular weight is 271 g/mol. The number of anilines is 1. The number of benzene rings is 1. The minimum atomic E-state index is 0.535. The fourth-order valence-electron chi connectivity index (χ4n) is 3.35. The number of aromatic nitrogens is 1. The molecular weight excluding hydrogens is 256 g/mol. The summed E-state index contributed by atoms with van der Waals surface area (Å²) in [5.74, 6) is 1.55. The largest absolute Gasteiger partial charge is 0.380 e. The molecule has 1 heterocycles. The number of hydrogen-bond donors (Lipinski definition) is 1. The molecule has 3 atom stereocenters. The molecule has 4 rings (SSSR count). The van der Waals surface area contributed by atoms with E-state index in [-0.39, 0.29) is 0 Å². The van der Waals surface area contributed by atoms with Crippen LogP contribution in [0.4, 0.5) is 5.69 Å². The van der Waals surface area contributed by atoms with Gasteiger partial charge in [-0.1, -0.05) is 29.8 Å². The number of nitrogens with zero attached hydrogens (tertiary/aromatic N) is 1. The Hall–Kier alpha value is -1.54. The van der Waals surface area contributed by atoms with Gasteiger partial charge in [-0.3, -0.25) is 4.98 Å². The van der Waals surface area contributed by atoms with Crippen molar-refractivity contribution < 1.29 is 0 Å². The van der Waals surface area contributed by atoms with Crippen molar-refractivity contribution in [2.75, 3.05) is 5.32 Å². The Morgan fingerprint density at radius 2 is 2.26 bits per heavy atom. The highest BCUT2D eigenvalue weighted by atomic mass is 35.5. The van der Waals surface area contributed by atoms with Crippen LogP contribution in [0.5, 0.6) is 0 Å². The van der Waals surface area contributed by atoms with Crippen LogP contribution in [0.2, 0.25) is 5.02 Å². The van der Waals surface area contributed by atoms with Gasteiger partial charge in [0.2, 0.25) is 0 Å². The maximum absolute atomic E-state index is 6.20. The van der Waals surface area contributed by atoms with Crippen LogP contribution in [-0.2, 0) is 0 Å². The van der Waals surface area contributed by atoms with Crippen molar-refractivity contribution in [3.8, 4) is 0 Å². The van der Waals surface area contributed by atoms with E-state index in [9.17, 15) is 0 Å². The van der Waals surface area contributed by atoms with Gasteiger partial charge in [0.1, 0.15) is 0 Å². The molecule has 0 amide bonds. The highest BCUT2D eigenvalue weighted by molar-refractivity contribution is 6.31. The molecule has 0 aliphatic heterocycles. The van der Waals surface area contributed by atoms with E-state index in [4.69, 9.17) is 11.6 Å². The molecule has 0 bridgehead atoms. The Morgan fingerprint density at radius 1 is 1.32 bits per heavy atom. The van der Waals surface area contributed by atoms with Crippen LogP contribution < -0.4 is 5.32 Å². The van der Waals surface area contributed by atoms with Crippen LogP contribution in [0.15, 0.2) is 42.6 Å². The Labute approximate surface area is 117 Å². The normalized spacial score (nSPS) is 28.2. The summed E-state index contributed by atoms with van der Waals surface area (Å²) in [6, 6.07) is 8.49. The lowest BCUT2D eigenvalue weighted by Crippen LogP contribution is -2.43. The lowest BCUT2D eigenvalue weighted by Gasteiger charge is -2.41. The van der Waals surface area contributed by atoms with E-state index in [1.165, 1.54) is 12.8 Å². The summed E-state index contributed by atoms with van der Waals surface area (Å²) in [6.07, 6.45) is 8.99. The Balaban J connectivity index is 1.69.